The summed E-state index contributed by atoms with van der Waals surface area (Å²) in [5.41, 5.74) is 2.47. The average molecular weight is 727 g/mol. The number of nitro benzene ring substituents is 1. The fourth-order valence-electron chi connectivity index (χ4n) is 7.85. The second kappa shape index (κ2) is 11.2. The predicted molar refractivity (Wildman–Crippen MR) is 180 cm³/mol. The van der Waals surface area contributed by atoms with Gasteiger partial charge in [0.2, 0.25) is 17.6 Å². The molecule has 5 aliphatic rings. The zero-order valence-electron chi connectivity index (χ0n) is 25.3. The van der Waals surface area contributed by atoms with Crippen molar-refractivity contribution in [3.63, 3.8) is 0 Å². The fourth-order valence-corrected chi connectivity index (χ4v) is 8.53. The van der Waals surface area contributed by atoms with E-state index >= 15 is 0 Å². The van der Waals surface area contributed by atoms with Gasteiger partial charge >= 0.3 is 5.97 Å². The van der Waals surface area contributed by atoms with Gasteiger partial charge < -0.3 is 4.74 Å². The molecule has 6 unspecified atom stereocenters. The van der Waals surface area contributed by atoms with Crippen LogP contribution in [-0.2, 0) is 14.3 Å². The zero-order valence-corrected chi connectivity index (χ0v) is 27.6. The second-order valence-corrected chi connectivity index (χ2v) is 14.0. The number of carbonyl (C=O) groups excluding carboxylic acids is 4. The fraction of sp³-hybridized carbons (Fsp3) is 0.250. The molecule has 12 heteroatoms. The van der Waals surface area contributed by atoms with E-state index in [4.69, 9.17) is 21.3 Å². The molecule has 0 N–H and O–H groups in total. The summed E-state index contributed by atoms with van der Waals surface area (Å²) in [5.74, 6) is -1.03. The predicted octanol–water partition coefficient (Wildman–Crippen LogP) is 7.13. The number of ether oxygens (including phenoxy) is 1. The molecule has 48 heavy (non-hydrogen) atoms. The highest BCUT2D eigenvalue weighted by Crippen LogP contribution is 2.65. The summed E-state index contributed by atoms with van der Waals surface area (Å²) in [6, 6.07) is 15.3. The lowest BCUT2D eigenvalue weighted by Crippen LogP contribution is -2.40. The summed E-state index contributed by atoms with van der Waals surface area (Å²) >= 11 is 9.96. The van der Waals surface area contributed by atoms with Crippen molar-refractivity contribution in [2.24, 2.45) is 35.5 Å². The SMILES string of the molecule is Cc1c(Cl)c(Br)cc2c(C(=O)OCC(=O)c3cccc([N+](=O)[O-])c3)cc(-c3ccc(N4C(=O)C5C6C=CC(C7CC67)C5C4=O)cc3)nc12. The van der Waals surface area contributed by atoms with Crippen LogP contribution in [0.1, 0.15) is 32.7 Å². The first-order valence-corrected chi connectivity index (χ1v) is 16.6. The number of benzene rings is 3. The normalized spacial score (nSPS) is 24.9. The molecule has 2 heterocycles. The number of pyridine rings is 1. The van der Waals surface area contributed by atoms with Crippen molar-refractivity contribution < 1.29 is 28.8 Å². The van der Waals surface area contributed by atoms with Crippen LogP contribution in [0.25, 0.3) is 22.2 Å². The number of hydrogen-bond donors (Lipinski definition) is 0. The van der Waals surface area contributed by atoms with E-state index in [1.165, 1.54) is 23.1 Å². The van der Waals surface area contributed by atoms with Crippen LogP contribution >= 0.6 is 27.5 Å². The number of allylic oxidation sites excluding steroid dienone is 2. The van der Waals surface area contributed by atoms with Crippen LogP contribution in [0.5, 0.6) is 0 Å². The topological polar surface area (TPSA) is 137 Å². The van der Waals surface area contributed by atoms with Gasteiger partial charge in [-0.25, -0.2) is 9.78 Å². The van der Waals surface area contributed by atoms with Crippen molar-refractivity contribution >= 4 is 73.4 Å². The van der Waals surface area contributed by atoms with E-state index in [9.17, 15) is 29.3 Å². The second-order valence-electron chi connectivity index (χ2n) is 12.8. The third-order valence-corrected chi connectivity index (χ3v) is 11.6. The molecule has 9 rings (SSSR count). The van der Waals surface area contributed by atoms with Crippen molar-refractivity contribution in [2.45, 2.75) is 13.3 Å². The number of halogens is 2. The number of aromatic nitrogens is 1. The molecule has 3 aromatic carbocycles. The Bertz CT molecular complexity index is 2130. The van der Waals surface area contributed by atoms with Gasteiger partial charge in [-0.15, -0.1) is 0 Å². The third-order valence-electron chi connectivity index (χ3n) is 10.2. The first kappa shape index (κ1) is 30.6. The number of hydrogen-bond acceptors (Lipinski definition) is 8. The molecular weight excluding hydrogens is 702 g/mol. The number of imide groups is 1. The molecular formula is C36H25BrClN3O7. The van der Waals surface area contributed by atoms with Gasteiger partial charge in [-0.2, -0.15) is 0 Å². The van der Waals surface area contributed by atoms with Gasteiger partial charge in [0.1, 0.15) is 0 Å². The Morgan fingerprint density at radius 1 is 1.02 bits per heavy atom. The molecule has 2 bridgehead atoms. The summed E-state index contributed by atoms with van der Waals surface area (Å²) in [4.78, 5) is 70.2. The first-order chi connectivity index (χ1) is 23.0. The number of anilines is 1. The summed E-state index contributed by atoms with van der Waals surface area (Å²) in [7, 11) is 0. The van der Waals surface area contributed by atoms with Gasteiger partial charge in [-0.05, 0) is 82.8 Å². The van der Waals surface area contributed by atoms with Crippen molar-refractivity contribution in [3.05, 3.63) is 109 Å². The molecule has 4 aliphatic carbocycles. The van der Waals surface area contributed by atoms with Crippen molar-refractivity contribution in [3.8, 4) is 11.3 Å². The largest absolute Gasteiger partial charge is 0.454 e. The molecule has 2 amide bonds. The molecule has 0 spiro atoms. The Kier molecular flexibility index (Phi) is 7.12. The molecule has 6 atom stereocenters. The number of Topliss-reactive ketones (excluding diaryl/α,β-unsaturated/α-hetero) is 1. The number of aryl methyl sites for hydroxylation is 1. The summed E-state index contributed by atoms with van der Waals surface area (Å²) < 4.78 is 5.96. The Morgan fingerprint density at radius 2 is 1.69 bits per heavy atom. The maximum absolute atomic E-state index is 13.6. The van der Waals surface area contributed by atoms with Gasteiger partial charge in [-0.1, -0.05) is 48.0 Å². The van der Waals surface area contributed by atoms with Crippen LogP contribution in [0, 0.1) is 52.5 Å². The number of esters is 1. The van der Waals surface area contributed by atoms with Gasteiger partial charge in [0, 0.05) is 33.1 Å². The van der Waals surface area contributed by atoms with Gasteiger partial charge in [-0.3, -0.25) is 29.4 Å². The maximum atomic E-state index is 13.6. The minimum absolute atomic E-state index is 0.0395. The standard InChI is InChI=1S/C36H25BrClN3O7/c1-16-32(38)27(37)13-25-26(36(45)48-15-29(42)18-3-2-4-20(11-18)41(46)47)14-28(39-33(16)25)17-5-7-19(8-6-17)40-34(43)30-21-9-10-22(24-12-23(21)24)31(30)35(40)44/h2-11,13-14,21-24,30-31H,12,15H2,1H3. The van der Waals surface area contributed by atoms with E-state index in [-0.39, 0.29) is 52.3 Å². The van der Waals surface area contributed by atoms with Crippen LogP contribution in [0.3, 0.4) is 0 Å². The first-order valence-electron chi connectivity index (χ1n) is 15.4. The number of ketones is 1. The smallest absolute Gasteiger partial charge is 0.339 e. The molecule has 3 fully saturated rings. The Balaban J connectivity index is 1.10. The highest BCUT2D eigenvalue weighted by Gasteiger charge is 2.67. The van der Waals surface area contributed by atoms with Crippen molar-refractivity contribution in [2.75, 3.05) is 11.5 Å². The molecule has 2 saturated carbocycles. The Labute approximate surface area is 287 Å². The van der Waals surface area contributed by atoms with Crippen LogP contribution < -0.4 is 4.90 Å². The Hall–Kier alpha value is -4.74. The lowest BCUT2D eigenvalue weighted by atomic mass is 9.63. The van der Waals surface area contributed by atoms with Crippen LogP contribution in [0.2, 0.25) is 5.02 Å². The zero-order chi connectivity index (χ0) is 33.6. The maximum Gasteiger partial charge on any atom is 0.339 e. The number of nitrogens with zero attached hydrogens (tertiary/aromatic N) is 3. The number of rotatable bonds is 7. The number of non-ortho nitro benzene ring substituents is 1. The molecule has 1 aromatic heterocycles. The van der Waals surface area contributed by atoms with E-state index < -0.39 is 23.3 Å². The summed E-state index contributed by atoms with van der Waals surface area (Å²) in [6.07, 6.45) is 5.37. The lowest BCUT2D eigenvalue weighted by Gasteiger charge is -2.37. The Morgan fingerprint density at radius 3 is 2.33 bits per heavy atom. The summed E-state index contributed by atoms with van der Waals surface area (Å²) in [6.45, 7) is 1.13. The number of carbonyl (C=O) groups is 4. The number of amides is 2. The minimum atomic E-state index is -0.801. The lowest BCUT2D eigenvalue weighted by molar-refractivity contribution is -0.384. The molecule has 240 valence electrons. The van der Waals surface area contributed by atoms with Gasteiger partial charge in [0.15, 0.2) is 6.61 Å². The molecule has 0 radical (unpaired) electrons. The van der Waals surface area contributed by atoms with E-state index in [1.54, 1.807) is 43.3 Å². The van der Waals surface area contributed by atoms with E-state index in [0.29, 0.717) is 54.7 Å². The number of fused-ring (bicyclic) bond motifs is 1. The van der Waals surface area contributed by atoms with Crippen molar-refractivity contribution in [1.29, 1.82) is 0 Å². The molecule has 10 nitrogen and oxygen atoms in total. The average Bonchev–Trinajstić information content (AvgIpc) is 3.88. The highest BCUT2D eigenvalue weighted by atomic mass is 79.9. The minimum Gasteiger partial charge on any atom is -0.454 e. The van der Waals surface area contributed by atoms with Crippen molar-refractivity contribution in [1.82, 2.24) is 4.98 Å². The monoisotopic (exact) mass is 725 g/mol. The van der Waals surface area contributed by atoms with Crippen LogP contribution in [0.4, 0.5) is 11.4 Å². The molecule has 1 aliphatic heterocycles. The number of nitro groups is 1. The molecule has 4 aromatic rings. The van der Waals surface area contributed by atoms with E-state index in [2.05, 4.69) is 28.1 Å². The summed E-state index contributed by atoms with van der Waals surface area (Å²) in [5, 5.41) is 12.0. The highest BCUT2D eigenvalue weighted by molar-refractivity contribution is 9.10. The third kappa shape index (κ3) is 4.70. The molecule has 1 saturated heterocycles. The van der Waals surface area contributed by atoms with Gasteiger partial charge in [0.05, 0.1) is 44.2 Å². The van der Waals surface area contributed by atoms with Gasteiger partial charge in [0.25, 0.3) is 5.69 Å². The quantitative estimate of drug-likeness (QED) is 0.0490. The van der Waals surface area contributed by atoms with Crippen LogP contribution in [0.15, 0.2) is 77.3 Å². The van der Waals surface area contributed by atoms with Crippen LogP contribution in [-0.4, -0.2) is 40.1 Å². The van der Waals surface area contributed by atoms with E-state index in [1.807, 2.05) is 0 Å². The van der Waals surface area contributed by atoms with E-state index in [0.717, 1.165) is 12.5 Å².